The first-order valence-electron chi connectivity index (χ1n) is 10.2. The summed E-state index contributed by atoms with van der Waals surface area (Å²) in [7, 11) is 0. The summed E-state index contributed by atoms with van der Waals surface area (Å²) in [4.78, 5) is 25.5. The number of alkyl halides is 3. The minimum Gasteiger partial charge on any atom is -0.368 e. The van der Waals surface area contributed by atoms with E-state index in [1.165, 1.54) is 12.4 Å². The zero-order valence-electron chi connectivity index (χ0n) is 18.1. The monoisotopic (exact) mass is 454 g/mol. The number of rotatable bonds is 6. The molecule has 1 unspecified atom stereocenters. The average Bonchev–Trinajstić information content (AvgIpc) is 3.17. The lowest BCUT2D eigenvalue weighted by atomic mass is 9.88. The summed E-state index contributed by atoms with van der Waals surface area (Å²) < 4.78 is 53.9. The van der Waals surface area contributed by atoms with E-state index < -0.39 is 35.5 Å². The van der Waals surface area contributed by atoms with E-state index in [0.29, 0.717) is 31.5 Å². The highest BCUT2D eigenvalue weighted by atomic mass is 19.4. The van der Waals surface area contributed by atoms with Crippen LogP contribution in [0.15, 0.2) is 24.7 Å². The zero-order valence-corrected chi connectivity index (χ0v) is 18.1. The molecule has 0 aliphatic carbocycles. The maximum Gasteiger partial charge on any atom is 0.417 e. The van der Waals surface area contributed by atoms with Crippen molar-refractivity contribution in [2.45, 2.75) is 58.3 Å². The Bertz CT molecular complexity index is 958. The van der Waals surface area contributed by atoms with Crippen molar-refractivity contribution in [1.29, 1.82) is 0 Å². The van der Waals surface area contributed by atoms with Crippen molar-refractivity contribution in [3.05, 3.63) is 41.7 Å². The fourth-order valence-electron chi connectivity index (χ4n) is 3.76. The number of pyridine rings is 1. The van der Waals surface area contributed by atoms with Gasteiger partial charge in [-0.15, -0.1) is 0 Å². The largest absolute Gasteiger partial charge is 0.417 e. The molecule has 2 atom stereocenters. The molecule has 174 valence electrons. The topological polar surface area (TPSA) is 97.0 Å². The summed E-state index contributed by atoms with van der Waals surface area (Å²) in [5, 5.41) is 2.78. The van der Waals surface area contributed by atoms with Gasteiger partial charge >= 0.3 is 6.18 Å². The zero-order chi connectivity index (χ0) is 23.7. The highest BCUT2D eigenvalue weighted by Gasteiger charge is 2.34. The van der Waals surface area contributed by atoms with Crippen LogP contribution in [-0.2, 0) is 11.0 Å². The van der Waals surface area contributed by atoms with E-state index in [0.717, 1.165) is 12.3 Å². The van der Waals surface area contributed by atoms with E-state index >= 15 is 4.39 Å². The Kier molecular flexibility index (Phi) is 6.56. The summed E-state index contributed by atoms with van der Waals surface area (Å²) in [6.07, 6.45) is -0.899. The molecule has 0 aromatic carbocycles. The number of carbonyl (C=O) groups is 1. The molecule has 0 saturated carbocycles. The fraction of sp³-hybridized carbons (Fsp3) is 0.524. The summed E-state index contributed by atoms with van der Waals surface area (Å²) in [5.74, 6) is -1.56. The summed E-state index contributed by atoms with van der Waals surface area (Å²) in [6, 6.07) is 0.997. The van der Waals surface area contributed by atoms with Crippen LogP contribution in [0, 0.1) is 11.2 Å². The maximum absolute atomic E-state index is 15.3. The van der Waals surface area contributed by atoms with E-state index in [1.54, 1.807) is 4.90 Å². The predicted octanol–water partition coefficient (Wildman–Crippen LogP) is 4.07. The first-order valence-corrected chi connectivity index (χ1v) is 10.2. The van der Waals surface area contributed by atoms with Gasteiger partial charge in [0.15, 0.2) is 11.6 Å². The second-order valence-electron chi connectivity index (χ2n) is 9.04. The van der Waals surface area contributed by atoms with Crippen LogP contribution in [-0.4, -0.2) is 33.4 Å². The minimum absolute atomic E-state index is 0.00863. The number of amides is 1. The molecular weight excluding hydrogens is 428 g/mol. The second kappa shape index (κ2) is 8.87. The number of anilines is 2. The van der Waals surface area contributed by atoms with Gasteiger partial charge in [-0.3, -0.25) is 9.78 Å². The number of carbonyl (C=O) groups excluding carboxylic acids is 1. The molecule has 2 aromatic heterocycles. The van der Waals surface area contributed by atoms with Gasteiger partial charge in [-0.05, 0) is 36.8 Å². The molecule has 3 heterocycles. The van der Waals surface area contributed by atoms with Crippen LogP contribution in [0.1, 0.15) is 57.3 Å². The molecule has 1 saturated heterocycles. The normalized spacial score (nSPS) is 18.0. The Morgan fingerprint density at radius 3 is 2.53 bits per heavy atom. The third kappa shape index (κ3) is 5.43. The van der Waals surface area contributed by atoms with Crippen LogP contribution >= 0.6 is 0 Å². The van der Waals surface area contributed by atoms with Crippen LogP contribution in [0.25, 0.3) is 0 Å². The number of aromatic nitrogens is 3. The molecule has 2 aromatic rings. The minimum atomic E-state index is -4.48. The molecule has 11 heteroatoms. The van der Waals surface area contributed by atoms with Crippen molar-refractivity contribution in [2.75, 3.05) is 16.8 Å². The Morgan fingerprint density at radius 1 is 1.25 bits per heavy atom. The van der Waals surface area contributed by atoms with Gasteiger partial charge in [-0.2, -0.15) is 17.6 Å². The van der Waals surface area contributed by atoms with Gasteiger partial charge in [0.05, 0.1) is 17.3 Å². The van der Waals surface area contributed by atoms with E-state index in [-0.39, 0.29) is 17.1 Å². The van der Waals surface area contributed by atoms with Gasteiger partial charge in [0.2, 0.25) is 11.7 Å². The van der Waals surface area contributed by atoms with Gasteiger partial charge in [-0.1, -0.05) is 20.8 Å². The third-order valence-electron chi connectivity index (χ3n) is 5.22. The quantitative estimate of drug-likeness (QED) is 0.639. The van der Waals surface area contributed by atoms with Crippen molar-refractivity contribution < 1.29 is 22.4 Å². The van der Waals surface area contributed by atoms with Gasteiger partial charge < -0.3 is 16.0 Å². The molecule has 32 heavy (non-hydrogen) atoms. The smallest absolute Gasteiger partial charge is 0.368 e. The maximum atomic E-state index is 15.3. The Hall–Kier alpha value is -2.98. The molecule has 1 aliphatic rings. The molecule has 3 rings (SSSR count). The lowest BCUT2D eigenvalue weighted by Crippen LogP contribution is -2.39. The summed E-state index contributed by atoms with van der Waals surface area (Å²) in [6.45, 7) is 6.23. The molecule has 7 nitrogen and oxygen atoms in total. The molecule has 0 spiro atoms. The van der Waals surface area contributed by atoms with E-state index in [1.807, 2.05) is 20.8 Å². The second-order valence-corrected chi connectivity index (χ2v) is 9.04. The highest BCUT2D eigenvalue weighted by molar-refractivity contribution is 5.82. The number of nitrogens with two attached hydrogens (primary N) is 1. The summed E-state index contributed by atoms with van der Waals surface area (Å²) in [5.41, 5.74) is 4.78. The molecule has 0 bridgehead atoms. The number of hydrogen-bond acceptors (Lipinski definition) is 6. The lowest BCUT2D eigenvalue weighted by molar-refractivity contribution is -0.137. The van der Waals surface area contributed by atoms with Gasteiger partial charge in [0.1, 0.15) is 12.4 Å². The molecule has 1 amide bonds. The number of nitrogens with one attached hydrogen (secondary N) is 1. The number of hydrogen-bond donors (Lipinski definition) is 2. The Labute approximate surface area is 183 Å². The molecule has 1 aliphatic heterocycles. The van der Waals surface area contributed by atoms with Gasteiger partial charge in [0.25, 0.3) is 0 Å². The highest BCUT2D eigenvalue weighted by Crippen LogP contribution is 2.37. The SMILES string of the molecule is CC(C)(C)C[C@@H](Nc1ncnc(N2CCCC2c2ccc(C(F)(F)F)cn2)c1F)C(N)=O. The number of nitrogens with zero attached hydrogens (tertiary/aromatic N) is 4. The molecule has 0 radical (unpaired) electrons. The van der Waals surface area contributed by atoms with Gasteiger partial charge in [0, 0.05) is 12.7 Å². The first-order chi connectivity index (χ1) is 14.9. The number of primary amides is 1. The van der Waals surface area contributed by atoms with Crippen molar-refractivity contribution in [1.82, 2.24) is 15.0 Å². The van der Waals surface area contributed by atoms with Crippen LogP contribution in [0.5, 0.6) is 0 Å². The summed E-state index contributed by atoms with van der Waals surface area (Å²) >= 11 is 0. The first kappa shape index (κ1) is 23.7. The van der Waals surface area contributed by atoms with E-state index in [4.69, 9.17) is 5.73 Å². The third-order valence-corrected chi connectivity index (χ3v) is 5.22. The Balaban J connectivity index is 1.87. The molecule has 1 fully saturated rings. The van der Waals surface area contributed by atoms with Crippen LogP contribution in [0.4, 0.5) is 29.2 Å². The van der Waals surface area contributed by atoms with E-state index in [9.17, 15) is 18.0 Å². The van der Waals surface area contributed by atoms with Crippen LogP contribution < -0.4 is 16.0 Å². The molecule has 3 N–H and O–H groups in total. The van der Waals surface area contributed by atoms with Crippen molar-refractivity contribution in [3.8, 4) is 0 Å². The van der Waals surface area contributed by atoms with Crippen LogP contribution in [0.3, 0.4) is 0 Å². The number of halogens is 4. The fourth-order valence-corrected chi connectivity index (χ4v) is 3.76. The van der Waals surface area contributed by atoms with Crippen LogP contribution in [0.2, 0.25) is 0 Å². The predicted molar refractivity (Wildman–Crippen MR) is 111 cm³/mol. The Morgan fingerprint density at radius 2 is 1.97 bits per heavy atom. The van der Waals surface area contributed by atoms with Gasteiger partial charge in [-0.25, -0.2) is 9.97 Å². The average molecular weight is 454 g/mol. The van der Waals surface area contributed by atoms with Crippen molar-refractivity contribution >= 4 is 17.5 Å². The van der Waals surface area contributed by atoms with Crippen molar-refractivity contribution in [3.63, 3.8) is 0 Å². The van der Waals surface area contributed by atoms with Crippen molar-refractivity contribution in [2.24, 2.45) is 11.1 Å². The molecular formula is C21H26F4N6O. The lowest BCUT2D eigenvalue weighted by Gasteiger charge is -2.28. The standard InChI is InChI=1S/C21H26F4N6O/c1-20(2,3)9-14(17(26)32)30-18-16(22)19(29-11-28-18)31-8-4-5-15(31)13-7-6-12(10-27-13)21(23,24)25/h6-7,10-11,14-15H,4-5,8-9H2,1-3H3,(H2,26,32)(H,28,29,30)/t14-,15?/m1/s1. The van der Waals surface area contributed by atoms with E-state index in [2.05, 4.69) is 20.3 Å².